The zero-order valence-corrected chi connectivity index (χ0v) is 12.2. The number of nitrogens with one attached hydrogen (secondary N) is 1. The molecule has 1 N–H and O–H groups in total. The van der Waals surface area contributed by atoms with Crippen LogP contribution in [0, 0.1) is 6.92 Å². The monoisotopic (exact) mass is 284 g/mol. The Bertz CT molecular complexity index is 850. The standard InChI is InChI=1S/C15H16N4O2/c1-4-9-6-11-8(3)13(14-16-18-19-17-14)15(20)21-12(11)7-10(9)5-2/h6-7H,4-5H2,1-3H3,(H,16,17,18,19). The summed E-state index contributed by atoms with van der Waals surface area (Å²) in [4.78, 5) is 12.2. The second-order valence-corrected chi connectivity index (χ2v) is 4.95. The van der Waals surface area contributed by atoms with Gasteiger partial charge in [-0.05, 0) is 53.8 Å². The molecule has 0 bridgehead atoms. The van der Waals surface area contributed by atoms with Crippen molar-refractivity contribution in [3.63, 3.8) is 0 Å². The van der Waals surface area contributed by atoms with Crippen molar-refractivity contribution in [3.8, 4) is 11.4 Å². The number of tetrazole rings is 1. The first kappa shape index (κ1) is 13.5. The third-order valence-electron chi connectivity index (χ3n) is 3.82. The highest BCUT2D eigenvalue weighted by atomic mass is 16.4. The number of aromatic amines is 1. The Hall–Kier alpha value is -2.50. The average Bonchev–Trinajstić information content (AvgIpc) is 3.00. The molecule has 0 aliphatic carbocycles. The van der Waals surface area contributed by atoms with E-state index in [2.05, 4.69) is 40.5 Å². The van der Waals surface area contributed by atoms with Gasteiger partial charge in [-0.15, -0.1) is 10.2 Å². The van der Waals surface area contributed by atoms with Crippen molar-refractivity contribution in [3.05, 3.63) is 39.2 Å². The average molecular weight is 284 g/mol. The zero-order valence-electron chi connectivity index (χ0n) is 12.2. The van der Waals surface area contributed by atoms with E-state index >= 15 is 0 Å². The molecule has 0 unspecified atom stereocenters. The van der Waals surface area contributed by atoms with Crippen molar-refractivity contribution in [2.45, 2.75) is 33.6 Å². The van der Waals surface area contributed by atoms with Gasteiger partial charge in [-0.25, -0.2) is 4.79 Å². The van der Waals surface area contributed by atoms with Gasteiger partial charge in [-0.3, -0.25) is 0 Å². The minimum atomic E-state index is -0.437. The second-order valence-electron chi connectivity index (χ2n) is 4.95. The predicted octanol–water partition coefficient (Wildman–Crippen LogP) is 2.41. The van der Waals surface area contributed by atoms with Gasteiger partial charge >= 0.3 is 5.63 Å². The van der Waals surface area contributed by atoms with Gasteiger partial charge in [0.05, 0.1) is 0 Å². The lowest BCUT2D eigenvalue weighted by molar-refractivity contribution is 0.561. The minimum absolute atomic E-state index is 0.265. The molecule has 3 aromatic rings. The van der Waals surface area contributed by atoms with Crippen molar-refractivity contribution >= 4 is 11.0 Å². The first-order valence-electron chi connectivity index (χ1n) is 6.98. The summed E-state index contributed by atoms with van der Waals surface area (Å²) in [7, 11) is 0. The third kappa shape index (κ3) is 2.12. The number of fused-ring (bicyclic) bond motifs is 1. The number of nitrogens with zero attached hydrogens (tertiary/aromatic N) is 3. The van der Waals surface area contributed by atoms with E-state index in [0.29, 0.717) is 11.1 Å². The number of aromatic nitrogens is 4. The summed E-state index contributed by atoms with van der Waals surface area (Å²) < 4.78 is 5.46. The van der Waals surface area contributed by atoms with Crippen LogP contribution in [-0.4, -0.2) is 20.6 Å². The Morgan fingerprint density at radius 2 is 1.90 bits per heavy atom. The summed E-state index contributed by atoms with van der Waals surface area (Å²) >= 11 is 0. The van der Waals surface area contributed by atoms with Crippen molar-refractivity contribution in [1.29, 1.82) is 0 Å². The maximum Gasteiger partial charge on any atom is 0.347 e. The van der Waals surface area contributed by atoms with Gasteiger partial charge in [0.15, 0.2) is 0 Å². The molecule has 108 valence electrons. The van der Waals surface area contributed by atoms with E-state index in [0.717, 1.165) is 23.8 Å². The van der Waals surface area contributed by atoms with Gasteiger partial charge in [-0.1, -0.05) is 13.8 Å². The summed E-state index contributed by atoms with van der Waals surface area (Å²) in [5.74, 6) is 0.265. The smallest absolute Gasteiger partial charge is 0.347 e. The fourth-order valence-corrected chi connectivity index (χ4v) is 2.67. The molecule has 1 aromatic carbocycles. The summed E-state index contributed by atoms with van der Waals surface area (Å²) in [6, 6.07) is 4.05. The Morgan fingerprint density at radius 3 is 2.52 bits per heavy atom. The van der Waals surface area contributed by atoms with Crippen LogP contribution in [0.2, 0.25) is 0 Å². The van der Waals surface area contributed by atoms with Crippen LogP contribution in [0.25, 0.3) is 22.4 Å². The number of hydrogen-bond donors (Lipinski definition) is 1. The van der Waals surface area contributed by atoms with E-state index in [1.54, 1.807) is 0 Å². The van der Waals surface area contributed by atoms with Crippen LogP contribution in [0.3, 0.4) is 0 Å². The van der Waals surface area contributed by atoms with Gasteiger partial charge in [0.2, 0.25) is 5.82 Å². The second kappa shape index (κ2) is 5.12. The third-order valence-corrected chi connectivity index (χ3v) is 3.82. The molecular formula is C15H16N4O2. The molecule has 0 saturated heterocycles. The number of aryl methyl sites for hydroxylation is 3. The molecule has 0 spiro atoms. The van der Waals surface area contributed by atoms with Crippen LogP contribution in [-0.2, 0) is 12.8 Å². The van der Waals surface area contributed by atoms with Gasteiger partial charge in [-0.2, -0.15) is 5.21 Å². The number of benzene rings is 1. The van der Waals surface area contributed by atoms with E-state index in [1.807, 2.05) is 13.0 Å². The Balaban J connectivity index is 2.37. The quantitative estimate of drug-likeness (QED) is 0.746. The summed E-state index contributed by atoms with van der Waals surface area (Å²) in [6.45, 7) is 6.10. The van der Waals surface area contributed by atoms with Gasteiger partial charge < -0.3 is 4.42 Å². The Labute approximate surface area is 121 Å². The molecule has 0 atom stereocenters. The number of H-pyrrole nitrogens is 1. The van der Waals surface area contributed by atoms with Crippen LogP contribution in [0.4, 0.5) is 0 Å². The highest BCUT2D eigenvalue weighted by Crippen LogP contribution is 2.27. The molecule has 0 amide bonds. The lowest BCUT2D eigenvalue weighted by atomic mass is 9.97. The molecule has 2 aromatic heterocycles. The molecule has 0 aliphatic heterocycles. The SMILES string of the molecule is CCc1cc2oc(=O)c(-c3nn[nH]n3)c(C)c2cc1CC. The fraction of sp³-hybridized carbons (Fsp3) is 0.333. The predicted molar refractivity (Wildman–Crippen MR) is 79.1 cm³/mol. The Morgan fingerprint density at radius 1 is 1.19 bits per heavy atom. The first-order chi connectivity index (χ1) is 10.2. The van der Waals surface area contributed by atoms with Crippen molar-refractivity contribution in [2.24, 2.45) is 0 Å². The molecule has 6 nitrogen and oxygen atoms in total. The molecule has 0 saturated carbocycles. The van der Waals surface area contributed by atoms with Crippen LogP contribution in [0.5, 0.6) is 0 Å². The molecule has 0 radical (unpaired) electrons. The van der Waals surface area contributed by atoms with E-state index in [9.17, 15) is 4.79 Å². The number of rotatable bonds is 3. The molecular weight excluding hydrogens is 268 g/mol. The van der Waals surface area contributed by atoms with Gasteiger partial charge in [0.25, 0.3) is 0 Å². The minimum Gasteiger partial charge on any atom is -0.422 e. The van der Waals surface area contributed by atoms with E-state index < -0.39 is 5.63 Å². The molecule has 0 fully saturated rings. The van der Waals surface area contributed by atoms with Crippen LogP contribution < -0.4 is 5.63 Å². The Kier molecular flexibility index (Phi) is 3.29. The van der Waals surface area contributed by atoms with Crippen LogP contribution in [0.1, 0.15) is 30.5 Å². The molecule has 21 heavy (non-hydrogen) atoms. The van der Waals surface area contributed by atoms with E-state index in [-0.39, 0.29) is 5.82 Å². The first-order valence-corrected chi connectivity index (χ1v) is 6.98. The molecule has 3 rings (SSSR count). The molecule has 0 aliphatic rings. The normalized spacial score (nSPS) is 11.2. The zero-order chi connectivity index (χ0) is 15.0. The number of hydrogen-bond acceptors (Lipinski definition) is 5. The van der Waals surface area contributed by atoms with Crippen molar-refractivity contribution in [2.75, 3.05) is 0 Å². The molecule has 2 heterocycles. The van der Waals surface area contributed by atoms with Crippen LogP contribution >= 0.6 is 0 Å². The highest BCUT2D eigenvalue weighted by Gasteiger charge is 2.17. The fourth-order valence-electron chi connectivity index (χ4n) is 2.67. The summed E-state index contributed by atoms with van der Waals surface area (Å²) in [5.41, 5.74) is 3.83. The van der Waals surface area contributed by atoms with Gasteiger partial charge in [0, 0.05) is 5.39 Å². The molecule has 6 heteroatoms. The summed E-state index contributed by atoms with van der Waals surface area (Å²) in [6.07, 6.45) is 1.85. The highest BCUT2D eigenvalue weighted by molar-refractivity contribution is 5.86. The van der Waals surface area contributed by atoms with E-state index in [1.165, 1.54) is 11.1 Å². The maximum absolute atomic E-state index is 12.2. The van der Waals surface area contributed by atoms with Crippen molar-refractivity contribution in [1.82, 2.24) is 20.6 Å². The maximum atomic E-state index is 12.2. The lowest BCUT2D eigenvalue weighted by Crippen LogP contribution is -2.08. The van der Waals surface area contributed by atoms with Crippen LogP contribution in [0.15, 0.2) is 21.3 Å². The van der Waals surface area contributed by atoms with E-state index in [4.69, 9.17) is 4.42 Å². The topological polar surface area (TPSA) is 84.7 Å². The lowest BCUT2D eigenvalue weighted by Gasteiger charge is -2.10. The van der Waals surface area contributed by atoms with Gasteiger partial charge in [0.1, 0.15) is 11.1 Å². The summed E-state index contributed by atoms with van der Waals surface area (Å²) in [5, 5.41) is 14.6. The largest absolute Gasteiger partial charge is 0.422 e. The van der Waals surface area contributed by atoms with Crippen molar-refractivity contribution < 1.29 is 4.42 Å².